The van der Waals surface area contributed by atoms with Crippen LogP contribution in [0.3, 0.4) is 0 Å². The lowest BCUT2D eigenvalue weighted by Crippen LogP contribution is -2.43. The molecule has 6 nitrogen and oxygen atoms in total. The number of nitrogens with one attached hydrogen (secondary N) is 1. The largest absolute Gasteiger partial charge is 0.381 e. The number of piperidine rings is 1. The first kappa shape index (κ1) is 14.3. The second kappa shape index (κ2) is 5.97. The van der Waals surface area contributed by atoms with E-state index < -0.39 is 0 Å². The van der Waals surface area contributed by atoms with Crippen LogP contribution in [0.5, 0.6) is 0 Å². The van der Waals surface area contributed by atoms with E-state index >= 15 is 0 Å². The molecule has 0 bridgehead atoms. The van der Waals surface area contributed by atoms with Crippen LogP contribution in [0.2, 0.25) is 0 Å². The molecule has 1 aromatic rings. The summed E-state index contributed by atoms with van der Waals surface area (Å²) in [5, 5.41) is 0. The third kappa shape index (κ3) is 3.15. The Morgan fingerprint density at radius 3 is 3.05 bits per heavy atom. The number of carbonyl (C=O) groups is 1. The van der Waals surface area contributed by atoms with Gasteiger partial charge in [0.1, 0.15) is 5.82 Å². The molecule has 0 spiro atoms. The summed E-state index contributed by atoms with van der Waals surface area (Å²) >= 11 is 0. The Kier molecular flexibility index (Phi) is 4.05. The molecule has 2 atom stereocenters. The molecular formula is C15H21N3O3. The minimum atomic E-state index is -0.120. The number of nitrogens with zero attached hydrogens (tertiary/aromatic N) is 2. The van der Waals surface area contributed by atoms with Crippen molar-refractivity contribution in [2.75, 3.05) is 26.3 Å². The zero-order chi connectivity index (χ0) is 14.8. The van der Waals surface area contributed by atoms with E-state index in [0.29, 0.717) is 25.6 Å². The summed E-state index contributed by atoms with van der Waals surface area (Å²) in [5.41, 5.74) is 0.603. The summed E-state index contributed by atoms with van der Waals surface area (Å²) in [4.78, 5) is 33.2. The van der Waals surface area contributed by atoms with Crippen LogP contribution in [0.1, 0.15) is 36.7 Å². The van der Waals surface area contributed by atoms with Gasteiger partial charge < -0.3 is 14.6 Å². The number of aromatic nitrogens is 2. The van der Waals surface area contributed by atoms with Crippen molar-refractivity contribution in [2.24, 2.45) is 5.92 Å². The highest BCUT2D eigenvalue weighted by atomic mass is 16.5. The number of likely N-dealkylation sites (tertiary alicyclic amines) is 1. The van der Waals surface area contributed by atoms with Gasteiger partial charge in [0.25, 0.3) is 5.56 Å². The molecule has 2 unspecified atom stereocenters. The van der Waals surface area contributed by atoms with E-state index in [9.17, 15) is 9.59 Å². The van der Waals surface area contributed by atoms with Crippen molar-refractivity contribution in [3.8, 4) is 0 Å². The third-order valence-corrected chi connectivity index (χ3v) is 4.29. The minimum Gasteiger partial charge on any atom is -0.381 e. The van der Waals surface area contributed by atoms with E-state index in [4.69, 9.17) is 4.74 Å². The van der Waals surface area contributed by atoms with Crippen LogP contribution >= 0.6 is 0 Å². The first-order valence-electron chi connectivity index (χ1n) is 7.58. The highest BCUT2D eigenvalue weighted by Crippen LogP contribution is 2.26. The summed E-state index contributed by atoms with van der Waals surface area (Å²) in [6, 6.07) is 1.49. The number of rotatable bonds is 2. The van der Waals surface area contributed by atoms with Crippen molar-refractivity contribution in [1.82, 2.24) is 14.9 Å². The van der Waals surface area contributed by atoms with E-state index in [-0.39, 0.29) is 23.3 Å². The lowest BCUT2D eigenvalue weighted by Gasteiger charge is -2.33. The fourth-order valence-corrected chi connectivity index (χ4v) is 3.18. The lowest BCUT2D eigenvalue weighted by molar-refractivity contribution is -0.136. The fraction of sp³-hybridized carbons (Fsp3) is 0.667. The average Bonchev–Trinajstić information content (AvgIpc) is 3.00. The SMILES string of the molecule is Cc1cc(=O)[nH]c(C2CCCN(C(=O)C3CCOC3)C2)n1. The molecule has 0 saturated carbocycles. The maximum absolute atomic E-state index is 12.5. The molecule has 1 N–H and O–H groups in total. The van der Waals surface area contributed by atoms with Crippen LogP contribution in [-0.2, 0) is 9.53 Å². The topological polar surface area (TPSA) is 75.3 Å². The van der Waals surface area contributed by atoms with Gasteiger partial charge in [-0.2, -0.15) is 0 Å². The molecule has 0 aromatic carbocycles. The zero-order valence-corrected chi connectivity index (χ0v) is 12.3. The fourth-order valence-electron chi connectivity index (χ4n) is 3.18. The smallest absolute Gasteiger partial charge is 0.251 e. The Bertz CT molecular complexity index is 578. The first-order chi connectivity index (χ1) is 10.1. The number of ether oxygens (including phenoxy) is 1. The van der Waals surface area contributed by atoms with Crippen molar-refractivity contribution >= 4 is 5.91 Å². The Morgan fingerprint density at radius 2 is 2.33 bits per heavy atom. The van der Waals surface area contributed by atoms with Crippen molar-refractivity contribution < 1.29 is 9.53 Å². The number of aromatic amines is 1. The molecule has 3 heterocycles. The molecule has 2 fully saturated rings. The summed E-state index contributed by atoms with van der Waals surface area (Å²) in [6.07, 6.45) is 2.72. The van der Waals surface area contributed by atoms with Gasteiger partial charge in [-0.05, 0) is 26.2 Å². The van der Waals surface area contributed by atoms with Crippen molar-refractivity contribution in [2.45, 2.75) is 32.1 Å². The number of H-pyrrole nitrogens is 1. The van der Waals surface area contributed by atoms with Gasteiger partial charge in [-0.25, -0.2) is 4.98 Å². The van der Waals surface area contributed by atoms with Crippen LogP contribution in [-0.4, -0.2) is 47.1 Å². The number of carbonyl (C=O) groups excluding carboxylic acids is 1. The van der Waals surface area contributed by atoms with Gasteiger partial charge in [0.05, 0.1) is 12.5 Å². The summed E-state index contributed by atoms with van der Waals surface area (Å²) in [6.45, 7) is 4.48. The number of hydrogen-bond acceptors (Lipinski definition) is 4. The normalized spacial score (nSPS) is 26.0. The van der Waals surface area contributed by atoms with Gasteiger partial charge in [0, 0.05) is 37.4 Å². The highest BCUT2D eigenvalue weighted by Gasteiger charge is 2.32. The maximum atomic E-state index is 12.5. The highest BCUT2D eigenvalue weighted by molar-refractivity contribution is 5.79. The summed E-state index contributed by atoms with van der Waals surface area (Å²) in [5.74, 6) is 1.03. The predicted molar refractivity (Wildman–Crippen MR) is 77.1 cm³/mol. The molecule has 2 saturated heterocycles. The molecule has 2 aliphatic rings. The van der Waals surface area contributed by atoms with Gasteiger partial charge in [-0.3, -0.25) is 9.59 Å². The molecule has 2 aliphatic heterocycles. The van der Waals surface area contributed by atoms with E-state index in [1.165, 1.54) is 6.07 Å². The Morgan fingerprint density at radius 1 is 1.48 bits per heavy atom. The molecule has 114 valence electrons. The third-order valence-electron chi connectivity index (χ3n) is 4.29. The lowest BCUT2D eigenvalue weighted by atomic mass is 9.95. The predicted octanol–water partition coefficient (Wildman–Crippen LogP) is 0.821. The Hall–Kier alpha value is -1.69. The molecule has 3 rings (SSSR count). The Labute approximate surface area is 123 Å². The van der Waals surface area contributed by atoms with E-state index in [1.807, 2.05) is 11.8 Å². The van der Waals surface area contributed by atoms with Crippen LogP contribution < -0.4 is 5.56 Å². The molecule has 0 aliphatic carbocycles. The van der Waals surface area contributed by atoms with Crippen LogP contribution in [0, 0.1) is 12.8 Å². The van der Waals surface area contributed by atoms with Gasteiger partial charge in [-0.15, -0.1) is 0 Å². The first-order valence-corrected chi connectivity index (χ1v) is 7.58. The standard InChI is InChI=1S/C15H21N3O3/c1-10-7-13(19)17-14(16-10)11-3-2-5-18(8-11)15(20)12-4-6-21-9-12/h7,11-12H,2-6,8-9H2,1H3,(H,16,17,19). The molecule has 0 radical (unpaired) electrons. The number of hydrogen-bond donors (Lipinski definition) is 1. The van der Waals surface area contributed by atoms with Gasteiger partial charge in [0.15, 0.2) is 0 Å². The van der Waals surface area contributed by atoms with Crippen LogP contribution in [0.25, 0.3) is 0 Å². The Balaban J connectivity index is 1.73. The van der Waals surface area contributed by atoms with Crippen LogP contribution in [0.15, 0.2) is 10.9 Å². The molecule has 1 amide bonds. The molecule has 6 heteroatoms. The minimum absolute atomic E-state index is 0.00766. The number of amides is 1. The number of aryl methyl sites for hydroxylation is 1. The summed E-state index contributed by atoms with van der Waals surface area (Å²) < 4.78 is 5.30. The van der Waals surface area contributed by atoms with Crippen molar-refractivity contribution in [3.05, 3.63) is 27.9 Å². The van der Waals surface area contributed by atoms with Gasteiger partial charge in [0.2, 0.25) is 5.91 Å². The zero-order valence-electron chi connectivity index (χ0n) is 12.3. The average molecular weight is 291 g/mol. The monoisotopic (exact) mass is 291 g/mol. The maximum Gasteiger partial charge on any atom is 0.251 e. The molecule has 1 aromatic heterocycles. The summed E-state index contributed by atoms with van der Waals surface area (Å²) in [7, 11) is 0. The van der Waals surface area contributed by atoms with Crippen LogP contribution in [0.4, 0.5) is 0 Å². The van der Waals surface area contributed by atoms with E-state index in [1.54, 1.807) is 0 Å². The second-order valence-electron chi connectivity index (χ2n) is 5.96. The second-order valence-corrected chi connectivity index (χ2v) is 5.96. The molecular weight excluding hydrogens is 270 g/mol. The van der Waals surface area contributed by atoms with E-state index in [2.05, 4.69) is 9.97 Å². The quantitative estimate of drug-likeness (QED) is 0.875. The van der Waals surface area contributed by atoms with Gasteiger partial charge >= 0.3 is 0 Å². The van der Waals surface area contributed by atoms with Crippen molar-refractivity contribution in [3.63, 3.8) is 0 Å². The van der Waals surface area contributed by atoms with Crippen molar-refractivity contribution in [1.29, 1.82) is 0 Å². The van der Waals surface area contributed by atoms with E-state index in [0.717, 1.165) is 31.5 Å². The van der Waals surface area contributed by atoms with Gasteiger partial charge in [-0.1, -0.05) is 0 Å². The molecule has 21 heavy (non-hydrogen) atoms.